The number of carbonyl (C=O) groups excluding carboxylic acids is 1. The minimum absolute atomic E-state index is 0.0454. The van der Waals surface area contributed by atoms with Gasteiger partial charge < -0.3 is 19.4 Å². The average Bonchev–Trinajstić information content (AvgIpc) is 3.25. The molecule has 2 heterocycles. The quantitative estimate of drug-likeness (QED) is 0.403. The molecule has 13 heteroatoms. The van der Waals surface area contributed by atoms with E-state index >= 15 is 0 Å². The number of aromatic nitrogens is 4. The van der Waals surface area contributed by atoms with Gasteiger partial charge in [-0.05, 0) is 24.3 Å². The number of ether oxygens (including phenoxy) is 1. The van der Waals surface area contributed by atoms with Crippen molar-refractivity contribution < 1.29 is 32.6 Å². The topological polar surface area (TPSA) is 139 Å². The van der Waals surface area contributed by atoms with Crippen LogP contribution in [0.1, 0.15) is 21.9 Å². The fourth-order valence-corrected chi connectivity index (χ4v) is 3.16. The van der Waals surface area contributed by atoms with Crippen LogP contribution < -0.4 is 10.9 Å². The molecule has 0 saturated heterocycles. The standard InChI is InChI=1S/C21H14F3N5O5/c22-21(23,24)12-8-13-14(27-17(19(31)32)18(30)28-13)9-15(12)29-7-6-25-16(29)10-34-20(33)26-11-4-2-1-3-5-11/h1-9H,10H2,(H,26,33)(H,28,30)(H,31,32). The van der Waals surface area contributed by atoms with Crippen LogP contribution in [0.25, 0.3) is 16.7 Å². The van der Waals surface area contributed by atoms with Gasteiger partial charge in [0.1, 0.15) is 0 Å². The number of carboxylic acid groups (broad SMARTS) is 1. The molecule has 1 amide bonds. The Morgan fingerprint density at radius 1 is 1.18 bits per heavy atom. The van der Waals surface area contributed by atoms with E-state index in [1.165, 1.54) is 12.4 Å². The van der Waals surface area contributed by atoms with E-state index in [-0.39, 0.29) is 16.9 Å². The number of H-pyrrole nitrogens is 1. The first-order valence-corrected chi connectivity index (χ1v) is 9.53. The number of anilines is 1. The maximum atomic E-state index is 13.8. The summed E-state index contributed by atoms with van der Waals surface area (Å²) in [5, 5.41) is 11.6. The van der Waals surface area contributed by atoms with Crippen molar-refractivity contribution in [1.82, 2.24) is 19.5 Å². The lowest BCUT2D eigenvalue weighted by Crippen LogP contribution is -2.21. The van der Waals surface area contributed by atoms with Gasteiger partial charge in [-0.2, -0.15) is 13.2 Å². The number of carboxylic acids is 1. The van der Waals surface area contributed by atoms with E-state index in [0.717, 1.165) is 10.6 Å². The molecule has 0 aliphatic carbocycles. The van der Waals surface area contributed by atoms with Gasteiger partial charge >= 0.3 is 18.2 Å². The van der Waals surface area contributed by atoms with Crippen LogP contribution in [0.4, 0.5) is 23.7 Å². The minimum Gasteiger partial charge on any atom is -0.476 e. The number of carbonyl (C=O) groups is 2. The van der Waals surface area contributed by atoms with Crippen LogP contribution in [0.15, 0.2) is 59.7 Å². The number of rotatable bonds is 5. The van der Waals surface area contributed by atoms with E-state index in [1.54, 1.807) is 30.3 Å². The van der Waals surface area contributed by atoms with Gasteiger partial charge in [-0.1, -0.05) is 18.2 Å². The highest BCUT2D eigenvalue weighted by Gasteiger charge is 2.35. The molecule has 34 heavy (non-hydrogen) atoms. The van der Waals surface area contributed by atoms with E-state index in [1.807, 2.05) is 0 Å². The number of benzene rings is 2. The zero-order chi connectivity index (χ0) is 24.5. The largest absolute Gasteiger partial charge is 0.476 e. The molecule has 2 aromatic heterocycles. The van der Waals surface area contributed by atoms with Gasteiger partial charge in [-0.15, -0.1) is 0 Å². The van der Waals surface area contributed by atoms with E-state index in [0.29, 0.717) is 11.8 Å². The van der Waals surface area contributed by atoms with Crippen LogP contribution in [0.2, 0.25) is 0 Å². The third-order valence-electron chi connectivity index (χ3n) is 4.65. The Hall–Kier alpha value is -4.68. The van der Waals surface area contributed by atoms with E-state index in [4.69, 9.17) is 9.84 Å². The Bertz CT molecular complexity index is 1450. The summed E-state index contributed by atoms with van der Waals surface area (Å²) in [7, 11) is 0. The number of halogens is 3. The fraction of sp³-hybridized carbons (Fsp3) is 0.0952. The predicted octanol–water partition coefficient (Wildman–Crippen LogP) is 3.57. The Morgan fingerprint density at radius 2 is 1.91 bits per heavy atom. The second-order valence-electron chi connectivity index (χ2n) is 6.88. The highest BCUT2D eigenvalue weighted by atomic mass is 19.4. The maximum absolute atomic E-state index is 13.8. The molecule has 0 bridgehead atoms. The number of amides is 1. The minimum atomic E-state index is -4.85. The lowest BCUT2D eigenvalue weighted by Gasteiger charge is -2.16. The van der Waals surface area contributed by atoms with Crippen molar-refractivity contribution in [2.24, 2.45) is 0 Å². The number of hydrogen-bond acceptors (Lipinski definition) is 6. The average molecular weight is 473 g/mol. The SMILES string of the molecule is O=C(Nc1ccccc1)OCc1nccn1-c1cc2nc(C(=O)O)c(=O)[nH]c2cc1C(F)(F)F. The smallest absolute Gasteiger partial charge is 0.418 e. The Labute approximate surface area is 187 Å². The summed E-state index contributed by atoms with van der Waals surface area (Å²) in [6.45, 7) is -0.472. The number of fused-ring (bicyclic) bond motifs is 1. The number of nitrogens with zero attached hydrogens (tertiary/aromatic N) is 3. The van der Waals surface area contributed by atoms with Gasteiger partial charge in [0, 0.05) is 18.1 Å². The zero-order valence-corrected chi connectivity index (χ0v) is 17.0. The van der Waals surface area contributed by atoms with E-state index in [9.17, 15) is 27.6 Å². The van der Waals surface area contributed by atoms with E-state index in [2.05, 4.69) is 20.3 Å². The normalized spacial score (nSPS) is 11.4. The van der Waals surface area contributed by atoms with E-state index < -0.39 is 47.3 Å². The third-order valence-corrected chi connectivity index (χ3v) is 4.65. The Morgan fingerprint density at radius 3 is 2.59 bits per heavy atom. The predicted molar refractivity (Wildman–Crippen MR) is 112 cm³/mol. The first-order chi connectivity index (χ1) is 16.1. The molecule has 2 aromatic carbocycles. The van der Waals surface area contributed by atoms with Gasteiger partial charge in [0.2, 0.25) is 5.69 Å². The molecule has 0 aliphatic heterocycles. The van der Waals surface area contributed by atoms with Gasteiger partial charge in [0.25, 0.3) is 5.56 Å². The number of imidazole rings is 1. The van der Waals surface area contributed by atoms with Crippen LogP contribution in [0.3, 0.4) is 0 Å². The molecule has 0 aliphatic rings. The molecule has 0 saturated carbocycles. The van der Waals surface area contributed by atoms with Crippen molar-refractivity contribution >= 4 is 28.8 Å². The first-order valence-electron chi connectivity index (χ1n) is 9.53. The summed E-state index contributed by atoms with van der Waals surface area (Å²) >= 11 is 0. The second kappa shape index (κ2) is 8.69. The van der Waals surface area contributed by atoms with Gasteiger partial charge in [-0.25, -0.2) is 19.6 Å². The second-order valence-corrected chi connectivity index (χ2v) is 6.88. The molecule has 0 fully saturated rings. The van der Waals surface area contributed by atoms with Crippen LogP contribution in [-0.2, 0) is 17.5 Å². The third kappa shape index (κ3) is 4.57. The van der Waals surface area contributed by atoms with Crippen LogP contribution in [0, 0.1) is 0 Å². The van der Waals surface area contributed by atoms with Crippen LogP contribution in [-0.4, -0.2) is 36.7 Å². The van der Waals surface area contributed by atoms with Gasteiger partial charge in [-0.3, -0.25) is 10.1 Å². The summed E-state index contributed by atoms with van der Waals surface area (Å²) in [5.41, 5.74) is -3.64. The summed E-state index contributed by atoms with van der Waals surface area (Å²) in [6.07, 6.45) is -3.27. The fourth-order valence-electron chi connectivity index (χ4n) is 3.16. The lowest BCUT2D eigenvalue weighted by molar-refractivity contribution is -0.137. The number of aromatic amines is 1. The molecular weight excluding hydrogens is 459 g/mol. The maximum Gasteiger partial charge on any atom is 0.418 e. The Balaban J connectivity index is 1.71. The summed E-state index contributed by atoms with van der Waals surface area (Å²) in [4.78, 5) is 44.8. The number of alkyl halides is 3. The molecule has 4 rings (SSSR count). The number of para-hydroxylation sites is 1. The number of hydrogen-bond donors (Lipinski definition) is 3. The highest BCUT2D eigenvalue weighted by molar-refractivity contribution is 5.88. The van der Waals surface area contributed by atoms with Crippen LogP contribution in [0.5, 0.6) is 0 Å². The molecule has 4 aromatic rings. The van der Waals surface area contributed by atoms with Gasteiger partial charge in [0.15, 0.2) is 12.4 Å². The molecule has 10 nitrogen and oxygen atoms in total. The molecule has 0 unspecified atom stereocenters. The molecule has 0 atom stereocenters. The summed E-state index contributed by atoms with van der Waals surface area (Å²) < 4.78 is 47.6. The van der Waals surface area contributed by atoms with Crippen molar-refractivity contribution in [2.75, 3.05) is 5.32 Å². The number of nitrogens with one attached hydrogen (secondary N) is 2. The highest BCUT2D eigenvalue weighted by Crippen LogP contribution is 2.36. The van der Waals surface area contributed by atoms with Crippen molar-refractivity contribution in [2.45, 2.75) is 12.8 Å². The summed E-state index contributed by atoms with van der Waals surface area (Å²) in [6, 6.07) is 9.99. The molecule has 0 spiro atoms. The summed E-state index contributed by atoms with van der Waals surface area (Å²) in [5.74, 6) is -1.68. The molecule has 3 N–H and O–H groups in total. The zero-order valence-electron chi connectivity index (χ0n) is 17.0. The van der Waals surface area contributed by atoms with Crippen molar-refractivity contribution in [3.05, 3.63) is 82.3 Å². The Kier molecular flexibility index (Phi) is 5.75. The first kappa shape index (κ1) is 22.5. The number of aromatic carboxylic acids is 1. The van der Waals surface area contributed by atoms with Crippen molar-refractivity contribution in [1.29, 1.82) is 0 Å². The monoisotopic (exact) mass is 473 g/mol. The molecule has 174 valence electrons. The van der Waals surface area contributed by atoms with Crippen LogP contribution >= 0.6 is 0 Å². The van der Waals surface area contributed by atoms with Crippen molar-refractivity contribution in [3.63, 3.8) is 0 Å². The van der Waals surface area contributed by atoms with Gasteiger partial charge in [0.05, 0.1) is 22.3 Å². The molecule has 0 radical (unpaired) electrons. The van der Waals surface area contributed by atoms with Crippen molar-refractivity contribution in [3.8, 4) is 5.69 Å². The molecular formula is C21H14F3N5O5. The lowest BCUT2D eigenvalue weighted by atomic mass is 10.1.